The second-order valence-corrected chi connectivity index (χ2v) is 4.73. The van der Waals surface area contributed by atoms with E-state index in [-0.39, 0.29) is 25.8 Å². The Hall–Kier alpha value is -1.89. The molecule has 2 rings (SSSR count). The zero-order valence-corrected chi connectivity index (χ0v) is 11.5. The van der Waals surface area contributed by atoms with Gasteiger partial charge in [0.1, 0.15) is 0 Å². The number of fused-ring (bicyclic) bond motifs is 1. The molecule has 7 nitrogen and oxygen atoms in total. The van der Waals surface area contributed by atoms with Crippen molar-refractivity contribution in [2.45, 2.75) is 38.7 Å². The van der Waals surface area contributed by atoms with Gasteiger partial charge in [0.25, 0.3) is 5.56 Å². The Morgan fingerprint density at radius 1 is 1.45 bits per heavy atom. The van der Waals surface area contributed by atoms with Gasteiger partial charge in [-0.25, -0.2) is 9.78 Å². The largest absolute Gasteiger partial charge is 0.393 e. The van der Waals surface area contributed by atoms with Crippen LogP contribution in [0.5, 0.6) is 0 Å². The molecule has 110 valence electrons. The third-order valence-electron chi connectivity index (χ3n) is 3.25. The molecule has 7 heteroatoms. The van der Waals surface area contributed by atoms with Crippen LogP contribution in [-0.4, -0.2) is 29.9 Å². The maximum Gasteiger partial charge on any atom is 0.332 e. The van der Waals surface area contributed by atoms with Crippen LogP contribution in [0.4, 0.5) is 0 Å². The lowest BCUT2D eigenvalue weighted by Crippen LogP contribution is -2.39. The van der Waals surface area contributed by atoms with Gasteiger partial charge in [0, 0.05) is 24.8 Å². The number of hydrogen-bond donors (Lipinski definition) is 1. The van der Waals surface area contributed by atoms with Crippen molar-refractivity contribution in [3.05, 3.63) is 27.2 Å². The number of rotatable bonds is 5. The average molecular weight is 284 g/mol. The molecule has 0 fully saturated rings. The Labute approximate surface area is 121 Å². The molecule has 20 heavy (non-hydrogen) atoms. The number of aromatic nitrogens is 4. The van der Waals surface area contributed by atoms with Crippen LogP contribution < -0.4 is 11.2 Å². The maximum atomic E-state index is 12.4. The topological polar surface area (TPSA) is 82.1 Å². The molecule has 0 aliphatic heterocycles. The summed E-state index contributed by atoms with van der Waals surface area (Å²) in [6.07, 6.45) is -0.874. The van der Waals surface area contributed by atoms with Crippen LogP contribution in [0.15, 0.2) is 15.9 Å². The molecule has 2 aromatic rings. The first-order chi connectivity index (χ1) is 11.0. The molecular weight excluding hydrogens is 260 g/mol. The summed E-state index contributed by atoms with van der Waals surface area (Å²) in [4.78, 5) is 28.7. The lowest BCUT2D eigenvalue weighted by atomic mass is 10.2. The lowest BCUT2D eigenvalue weighted by molar-refractivity contribution is 0.180. The number of nitrogens with zero attached hydrogens (tertiary/aromatic N) is 4. The number of aryl methyl sites for hydroxylation is 2. The fraction of sp³-hybridized carbons (Fsp3) is 0.615. The molecule has 0 saturated carbocycles. The second kappa shape index (κ2) is 5.62. The molecule has 0 amide bonds. The minimum absolute atomic E-state index is 0.0731. The zero-order chi connectivity index (χ0) is 18.3. The Morgan fingerprint density at radius 3 is 2.90 bits per heavy atom. The van der Waals surface area contributed by atoms with Gasteiger partial charge in [-0.2, -0.15) is 0 Å². The quantitative estimate of drug-likeness (QED) is 0.783. The molecule has 2 heterocycles. The molecule has 1 atom stereocenters. The summed E-state index contributed by atoms with van der Waals surface area (Å²) in [6, 6.07) is 0. The SMILES string of the molecule is [2H]C([2H])([2H])[C@@]([2H])(O)CCCCn1c(=O)c2c(ncn2C)n(C)c1=O. The highest BCUT2D eigenvalue weighted by atomic mass is 16.3. The van der Waals surface area contributed by atoms with Crippen LogP contribution in [0.25, 0.3) is 11.2 Å². The highest BCUT2D eigenvalue weighted by molar-refractivity contribution is 5.69. The van der Waals surface area contributed by atoms with Crippen LogP contribution in [0.3, 0.4) is 0 Å². The molecular formula is C13H20N4O3. The predicted molar refractivity (Wildman–Crippen MR) is 75.7 cm³/mol. The summed E-state index contributed by atoms with van der Waals surface area (Å²) in [5, 5.41) is 9.61. The monoisotopic (exact) mass is 284 g/mol. The molecule has 0 unspecified atom stereocenters. The Morgan fingerprint density at radius 2 is 2.20 bits per heavy atom. The van der Waals surface area contributed by atoms with Crippen LogP contribution in [0, 0.1) is 0 Å². The van der Waals surface area contributed by atoms with E-state index in [9.17, 15) is 14.7 Å². The normalized spacial score (nSPS) is 18.1. The summed E-state index contributed by atoms with van der Waals surface area (Å²) in [5.74, 6) is 0. The first kappa shape index (κ1) is 9.93. The van der Waals surface area contributed by atoms with Crippen molar-refractivity contribution in [1.29, 1.82) is 0 Å². The number of unbranched alkanes of at least 4 members (excludes halogenated alkanes) is 1. The fourth-order valence-electron chi connectivity index (χ4n) is 2.16. The fourth-order valence-corrected chi connectivity index (χ4v) is 2.16. The van der Waals surface area contributed by atoms with Crippen LogP contribution in [0.2, 0.25) is 0 Å². The van der Waals surface area contributed by atoms with Gasteiger partial charge in [-0.05, 0) is 26.1 Å². The van der Waals surface area contributed by atoms with Crippen molar-refractivity contribution >= 4 is 11.2 Å². The van der Waals surface area contributed by atoms with Crippen molar-refractivity contribution in [3.63, 3.8) is 0 Å². The van der Waals surface area contributed by atoms with E-state index in [0.29, 0.717) is 11.2 Å². The first-order valence-corrected chi connectivity index (χ1v) is 6.30. The van der Waals surface area contributed by atoms with Gasteiger partial charge < -0.3 is 9.67 Å². The summed E-state index contributed by atoms with van der Waals surface area (Å²) < 4.78 is 32.6. The number of aliphatic hydroxyl groups is 1. The van der Waals surface area contributed by atoms with E-state index in [1.165, 1.54) is 22.5 Å². The van der Waals surface area contributed by atoms with Crippen molar-refractivity contribution < 1.29 is 10.6 Å². The second-order valence-electron chi connectivity index (χ2n) is 4.73. The molecule has 0 spiro atoms. The summed E-state index contributed by atoms with van der Waals surface area (Å²) in [5.41, 5.74) is -0.378. The number of hydrogen-bond acceptors (Lipinski definition) is 4. The standard InChI is InChI=1S/C13H20N4O3/c1-9(18)6-4-5-7-17-12(19)10-11(14-8-15(10)2)16(3)13(17)20/h8-9,18H,4-7H2,1-3H3/t9-/m1/s1/i1D3,9D. The molecule has 0 radical (unpaired) electrons. The van der Waals surface area contributed by atoms with E-state index >= 15 is 0 Å². The third kappa shape index (κ3) is 2.53. The predicted octanol–water partition coefficient (Wildman–Crippen LogP) is -0.0152. The molecule has 2 aromatic heterocycles. The van der Waals surface area contributed by atoms with Crippen LogP contribution in [0.1, 0.15) is 31.6 Å². The lowest BCUT2D eigenvalue weighted by Gasteiger charge is -2.09. The van der Waals surface area contributed by atoms with Gasteiger partial charge in [-0.1, -0.05) is 0 Å². The van der Waals surface area contributed by atoms with E-state index in [0.717, 1.165) is 4.57 Å². The van der Waals surface area contributed by atoms with Gasteiger partial charge in [-0.3, -0.25) is 13.9 Å². The van der Waals surface area contributed by atoms with Gasteiger partial charge >= 0.3 is 5.69 Å². The molecule has 1 N–H and O–H groups in total. The molecule has 0 saturated heterocycles. The van der Waals surface area contributed by atoms with Crippen LogP contribution in [-0.2, 0) is 20.6 Å². The van der Waals surface area contributed by atoms with Gasteiger partial charge in [-0.15, -0.1) is 0 Å². The van der Waals surface area contributed by atoms with Gasteiger partial charge in [0.2, 0.25) is 0 Å². The van der Waals surface area contributed by atoms with Crippen molar-refractivity contribution in [3.8, 4) is 0 Å². The van der Waals surface area contributed by atoms with Crippen molar-refractivity contribution in [2.75, 3.05) is 0 Å². The Kier molecular flexibility index (Phi) is 2.79. The van der Waals surface area contributed by atoms with E-state index in [1.54, 1.807) is 7.05 Å². The highest BCUT2D eigenvalue weighted by Crippen LogP contribution is 2.04. The zero-order valence-electron chi connectivity index (χ0n) is 15.5. The molecule has 0 aliphatic rings. The minimum Gasteiger partial charge on any atom is -0.393 e. The smallest absolute Gasteiger partial charge is 0.332 e. The highest BCUT2D eigenvalue weighted by Gasteiger charge is 2.14. The van der Waals surface area contributed by atoms with E-state index in [1.807, 2.05) is 0 Å². The van der Waals surface area contributed by atoms with Gasteiger partial charge in [0.05, 0.1) is 13.8 Å². The third-order valence-corrected chi connectivity index (χ3v) is 3.25. The van der Waals surface area contributed by atoms with E-state index in [4.69, 9.17) is 5.48 Å². The van der Waals surface area contributed by atoms with E-state index in [2.05, 4.69) is 4.98 Å². The Bertz CT molecular complexity index is 863. The average Bonchev–Trinajstić information content (AvgIpc) is 2.85. The molecule has 0 aliphatic carbocycles. The number of imidazole rings is 1. The molecule has 0 aromatic carbocycles. The van der Waals surface area contributed by atoms with Crippen LogP contribution >= 0.6 is 0 Å². The van der Waals surface area contributed by atoms with Gasteiger partial charge in [0.15, 0.2) is 11.2 Å². The Balaban J connectivity index is 2.19. The van der Waals surface area contributed by atoms with Crippen molar-refractivity contribution in [2.24, 2.45) is 14.1 Å². The van der Waals surface area contributed by atoms with E-state index < -0.39 is 24.2 Å². The molecule has 0 bridgehead atoms. The minimum atomic E-state index is -2.80. The summed E-state index contributed by atoms with van der Waals surface area (Å²) >= 11 is 0. The summed E-state index contributed by atoms with van der Waals surface area (Å²) in [7, 11) is 3.17. The summed E-state index contributed by atoms with van der Waals surface area (Å²) in [6.45, 7) is -2.72. The van der Waals surface area contributed by atoms with Crippen molar-refractivity contribution in [1.82, 2.24) is 18.7 Å². The first-order valence-electron chi connectivity index (χ1n) is 8.30. The maximum absolute atomic E-state index is 12.4.